The standard InChI is InChI=1S/C6H7F7O/c1-2(5(8,9)10)3(7)4(14)6(11,12)13/h2-4,14H,1H3. The van der Waals surface area contributed by atoms with E-state index >= 15 is 0 Å². The molecule has 1 N–H and O–H groups in total. The normalized spacial score (nSPS) is 20.4. The Labute approximate surface area is 74.5 Å². The van der Waals surface area contributed by atoms with Crippen LogP contribution in [0.5, 0.6) is 0 Å². The molecule has 1 nitrogen and oxygen atoms in total. The number of rotatable bonds is 2. The van der Waals surface area contributed by atoms with E-state index in [0.29, 0.717) is 0 Å². The maximum atomic E-state index is 12.5. The average Bonchev–Trinajstić information content (AvgIpc) is 1.97. The molecule has 0 aliphatic rings. The number of hydrogen-bond donors (Lipinski definition) is 1. The molecule has 8 heteroatoms. The topological polar surface area (TPSA) is 20.2 Å². The predicted molar refractivity (Wildman–Crippen MR) is 32.2 cm³/mol. The summed E-state index contributed by atoms with van der Waals surface area (Å²) < 4.78 is 82.5. The van der Waals surface area contributed by atoms with Gasteiger partial charge in [0.25, 0.3) is 0 Å². The summed E-state index contributed by atoms with van der Waals surface area (Å²) in [6, 6.07) is 0. The van der Waals surface area contributed by atoms with Crippen molar-refractivity contribution in [2.45, 2.75) is 31.6 Å². The van der Waals surface area contributed by atoms with Gasteiger partial charge in [-0.25, -0.2) is 4.39 Å². The monoisotopic (exact) mass is 228 g/mol. The molecule has 0 aliphatic carbocycles. The molecular formula is C6H7F7O. The summed E-state index contributed by atoms with van der Waals surface area (Å²) in [6.07, 6.45) is -17.5. The lowest BCUT2D eigenvalue weighted by molar-refractivity contribution is -0.251. The van der Waals surface area contributed by atoms with E-state index in [4.69, 9.17) is 5.11 Å². The molecule has 0 spiro atoms. The zero-order chi connectivity index (χ0) is 11.7. The minimum absolute atomic E-state index is 0.236. The molecule has 0 heterocycles. The third-order valence-corrected chi connectivity index (χ3v) is 1.63. The molecule has 0 aromatic carbocycles. The van der Waals surface area contributed by atoms with E-state index in [1.165, 1.54) is 0 Å². The van der Waals surface area contributed by atoms with Crippen LogP contribution in [0.25, 0.3) is 0 Å². The van der Waals surface area contributed by atoms with E-state index in [9.17, 15) is 30.7 Å². The van der Waals surface area contributed by atoms with Crippen molar-refractivity contribution in [2.24, 2.45) is 5.92 Å². The van der Waals surface area contributed by atoms with E-state index in [1.54, 1.807) is 0 Å². The van der Waals surface area contributed by atoms with Gasteiger partial charge in [0, 0.05) is 0 Å². The summed E-state index contributed by atoms with van der Waals surface area (Å²) >= 11 is 0. The van der Waals surface area contributed by atoms with Gasteiger partial charge >= 0.3 is 12.4 Å². The Morgan fingerprint density at radius 1 is 0.929 bits per heavy atom. The molecule has 86 valence electrons. The van der Waals surface area contributed by atoms with Gasteiger partial charge in [0.2, 0.25) is 0 Å². The largest absolute Gasteiger partial charge is 0.417 e. The first kappa shape index (κ1) is 13.5. The van der Waals surface area contributed by atoms with Crippen LogP contribution in [-0.2, 0) is 0 Å². The highest BCUT2D eigenvalue weighted by Gasteiger charge is 2.52. The lowest BCUT2D eigenvalue weighted by Gasteiger charge is -2.25. The molecule has 3 unspecified atom stereocenters. The molecule has 0 saturated heterocycles. The van der Waals surface area contributed by atoms with Crippen molar-refractivity contribution in [1.82, 2.24) is 0 Å². The Hall–Kier alpha value is -0.530. The van der Waals surface area contributed by atoms with Gasteiger partial charge in [-0.3, -0.25) is 0 Å². The maximum Gasteiger partial charge on any atom is 0.417 e. The highest BCUT2D eigenvalue weighted by molar-refractivity contribution is 4.82. The van der Waals surface area contributed by atoms with Gasteiger partial charge < -0.3 is 5.11 Å². The summed E-state index contributed by atoms with van der Waals surface area (Å²) in [6.45, 7) is 0.236. The minimum atomic E-state index is -5.39. The second-order valence-corrected chi connectivity index (χ2v) is 2.76. The van der Waals surface area contributed by atoms with E-state index < -0.39 is 30.5 Å². The molecule has 0 amide bonds. The maximum absolute atomic E-state index is 12.5. The lowest BCUT2D eigenvalue weighted by Crippen LogP contribution is -2.44. The van der Waals surface area contributed by atoms with Gasteiger partial charge in [-0.2, -0.15) is 26.3 Å². The van der Waals surface area contributed by atoms with Crippen molar-refractivity contribution in [3.05, 3.63) is 0 Å². The van der Waals surface area contributed by atoms with Crippen molar-refractivity contribution < 1.29 is 35.8 Å². The quantitative estimate of drug-likeness (QED) is 0.719. The summed E-state index contributed by atoms with van der Waals surface area (Å²) in [5.41, 5.74) is 0. The van der Waals surface area contributed by atoms with Crippen molar-refractivity contribution in [1.29, 1.82) is 0 Å². The molecule has 3 atom stereocenters. The smallest absolute Gasteiger partial charge is 0.381 e. The summed E-state index contributed by atoms with van der Waals surface area (Å²) in [5, 5.41) is 8.19. The molecule has 0 aromatic heterocycles. The van der Waals surface area contributed by atoms with E-state index in [-0.39, 0.29) is 6.92 Å². The van der Waals surface area contributed by atoms with Crippen LogP contribution in [-0.4, -0.2) is 29.7 Å². The molecule has 14 heavy (non-hydrogen) atoms. The molecule has 0 aliphatic heterocycles. The van der Waals surface area contributed by atoms with Gasteiger partial charge in [0.1, 0.15) is 6.17 Å². The van der Waals surface area contributed by atoms with Crippen molar-refractivity contribution in [3.8, 4) is 0 Å². The van der Waals surface area contributed by atoms with Crippen LogP contribution in [0.4, 0.5) is 30.7 Å². The van der Waals surface area contributed by atoms with Crippen molar-refractivity contribution in [3.63, 3.8) is 0 Å². The van der Waals surface area contributed by atoms with Gasteiger partial charge in [-0.05, 0) is 0 Å². The molecule has 0 bridgehead atoms. The Morgan fingerprint density at radius 3 is 1.50 bits per heavy atom. The van der Waals surface area contributed by atoms with Crippen LogP contribution in [0, 0.1) is 5.92 Å². The minimum Gasteiger partial charge on any atom is -0.381 e. The summed E-state index contributed by atoms with van der Waals surface area (Å²) in [4.78, 5) is 0. The van der Waals surface area contributed by atoms with E-state index in [2.05, 4.69) is 0 Å². The Kier molecular flexibility index (Phi) is 3.77. The van der Waals surface area contributed by atoms with Crippen molar-refractivity contribution in [2.75, 3.05) is 0 Å². The highest BCUT2D eigenvalue weighted by Crippen LogP contribution is 2.35. The van der Waals surface area contributed by atoms with Crippen molar-refractivity contribution >= 4 is 0 Å². The molecular weight excluding hydrogens is 221 g/mol. The number of alkyl halides is 7. The third-order valence-electron chi connectivity index (χ3n) is 1.63. The zero-order valence-corrected chi connectivity index (χ0v) is 6.83. The SMILES string of the molecule is CC(C(F)C(O)C(F)(F)F)C(F)(F)F. The van der Waals surface area contributed by atoms with Gasteiger partial charge in [0.05, 0.1) is 5.92 Å². The average molecular weight is 228 g/mol. The fourth-order valence-electron chi connectivity index (χ4n) is 0.635. The van der Waals surface area contributed by atoms with Gasteiger partial charge in [-0.1, -0.05) is 6.92 Å². The number of halogens is 7. The van der Waals surface area contributed by atoms with Crippen LogP contribution in [0.2, 0.25) is 0 Å². The summed E-state index contributed by atoms with van der Waals surface area (Å²) in [7, 11) is 0. The molecule has 0 aromatic rings. The molecule has 0 fully saturated rings. The summed E-state index contributed by atoms with van der Waals surface area (Å²) in [5.74, 6) is -2.86. The Balaban J connectivity index is 4.56. The second-order valence-electron chi connectivity index (χ2n) is 2.76. The lowest BCUT2D eigenvalue weighted by atomic mass is 10.0. The van der Waals surface area contributed by atoms with Crippen LogP contribution in [0.1, 0.15) is 6.92 Å². The van der Waals surface area contributed by atoms with Crippen LogP contribution < -0.4 is 0 Å². The fraction of sp³-hybridized carbons (Fsp3) is 1.00. The first-order valence-corrected chi connectivity index (χ1v) is 3.43. The van der Waals surface area contributed by atoms with Crippen LogP contribution >= 0.6 is 0 Å². The van der Waals surface area contributed by atoms with Gasteiger partial charge in [-0.15, -0.1) is 0 Å². The first-order chi connectivity index (χ1) is 5.98. The van der Waals surface area contributed by atoms with E-state index in [1.807, 2.05) is 0 Å². The van der Waals surface area contributed by atoms with Crippen LogP contribution in [0.3, 0.4) is 0 Å². The van der Waals surface area contributed by atoms with Gasteiger partial charge in [0.15, 0.2) is 6.10 Å². The molecule has 0 saturated carbocycles. The number of aliphatic hydroxyl groups excluding tert-OH is 1. The van der Waals surface area contributed by atoms with Crippen LogP contribution in [0.15, 0.2) is 0 Å². The predicted octanol–water partition coefficient (Wildman–Crippen LogP) is 2.45. The Bertz CT molecular complexity index is 164. The fourth-order valence-corrected chi connectivity index (χ4v) is 0.635. The number of hydrogen-bond acceptors (Lipinski definition) is 1. The number of aliphatic hydroxyl groups is 1. The Morgan fingerprint density at radius 2 is 1.29 bits per heavy atom. The third kappa shape index (κ3) is 3.32. The second kappa shape index (κ2) is 3.92. The van der Waals surface area contributed by atoms with E-state index in [0.717, 1.165) is 0 Å². The first-order valence-electron chi connectivity index (χ1n) is 3.43. The molecule has 0 rings (SSSR count). The zero-order valence-electron chi connectivity index (χ0n) is 6.83. The molecule has 0 radical (unpaired) electrons. The highest BCUT2D eigenvalue weighted by atomic mass is 19.4.